The molecule has 1 aromatic heterocycles. The van der Waals surface area contributed by atoms with E-state index in [0.29, 0.717) is 41.8 Å². The summed E-state index contributed by atoms with van der Waals surface area (Å²) >= 11 is 6.15. The van der Waals surface area contributed by atoms with Gasteiger partial charge in [0, 0.05) is 55.6 Å². The molecule has 1 fully saturated rings. The molecule has 2 aromatic carbocycles. The van der Waals surface area contributed by atoms with E-state index in [2.05, 4.69) is 5.32 Å². The second-order valence-electron chi connectivity index (χ2n) is 11.7. The first-order chi connectivity index (χ1) is 22.4. The lowest BCUT2D eigenvalue weighted by Gasteiger charge is -2.38. The highest BCUT2D eigenvalue weighted by Gasteiger charge is 2.35. The van der Waals surface area contributed by atoms with Crippen LogP contribution in [0.3, 0.4) is 0 Å². The first-order valence-electron chi connectivity index (χ1n) is 15.2. The topological polar surface area (TPSA) is 149 Å². The highest BCUT2D eigenvalue weighted by Crippen LogP contribution is 2.30. The van der Waals surface area contributed by atoms with Gasteiger partial charge in [-0.15, -0.1) is 0 Å². The third-order valence-corrected chi connectivity index (χ3v) is 9.12. The van der Waals surface area contributed by atoms with Crippen molar-refractivity contribution in [1.29, 1.82) is 0 Å². The number of aromatic nitrogens is 2. The molecule has 0 saturated carbocycles. The van der Waals surface area contributed by atoms with Gasteiger partial charge in [0.05, 0.1) is 17.7 Å². The maximum atomic E-state index is 16.1. The fourth-order valence-electron chi connectivity index (χ4n) is 6.09. The quantitative estimate of drug-likeness (QED) is 0.353. The second kappa shape index (κ2) is 14.0. The number of rotatable bonds is 9. The SMILES string of the molecule is COc1ccc2c(c1)CCN(C1CCN(C(=O)C(F)n3cc(-c4cccc(F)c4Cl)c(=O)n([C@@H](C)CCC(N)=O)c3=O)CC1)C(=O)N2. The number of halogens is 3. The molecule has 0 spiro atoms. The maximum Gasteiger partial charge on any atom is 0.334 e. The number of carbonyl (C=O) groups is 3. The number of alkyl halides is 1. The van der Waals surface area contributed by atoms with E-state index in [1.165, 1.54) is 24.0 Å². The number of carbonyl (C=O) groups excluding carboxylic acids is 3. The average molecular weight is 673 g/mol. The van der Waals surface area contributed by atoms with Crippen LogP contribution in [0.5, 0.6) is 5.75 Å². The predicted molar refractivity (Wildman–Crippen MR) is 171 cm³/mol. The molecule has 2 aliphatic heterocycles. The van der Waals surface area contributed by atoms with Crippen molar-refractivity contribution in [2.45, 2.75) is 57.4 Å². The number of hydrogen-bond donors (Lipinski definition) is 2. The highest BCUT2D eigenvalue weighted by molar-refractivity contribution is 6.33. The molecule has 3 aromatic rings. The molecular weight excluding hydrogens is 638 g/mol. The van der Waals surface area contributed by atoms with Crippen LogP contribution in [0.25, 0.3) is 11.1 Å². The van der Waals surface area contributed by atoms with Gasteiger partial charge in [-0.05, 0) is 62.4 Å². The normalized spacial score (nSPS) is 16.6. The Morgan fingerprint density at radius 1 is 1.11 bits per heavy atom. The molecule has 5 rings (SSSR count). The average Bonchev–Trinajstić information content (AvgIpc) is 3.22. The zero-order valence-corrected chi connectivity index (χ0v) is 26.6. The number of likely N-dealkylation sites (tertiary alicyclic amines) is 1. The Hall–Kier alpha value is -4.72. The third-order valence-electron chi connectivity index (χ3n) is 8.74. The van der Waals surface area contributed by atoms with Crippen molar-refractivity contribution in [2.24, 2.45) is 5.73 Å². The molecule has 3 N–H and O–H groups in total. The minimum Gasteiger partial charge on any atom is -0.497 e. The van der Waals surface area contributed by atoms with E-state index in [1.807, 2.05) is 6.07 Å². The van der Waals surface area contributed by atoms with E-state index in [-0.39, 0.29) is 49.1 Å². The molecule has 2 aliphatic rings. The van der Waals surface area contributed by atoms with Crippen molar-refractivity contribution >= 4 is 35.1 Å². The van der Waals surface area contributed by atoms with Crippen molar-refractivity contribution in [1.82, 2.24) is 18.9 Å². The van der Waals surface area contributed by atoms with Gasteiger partial charge in [-0.3, -0.25) is 23.5 Å². The summed E-state index contributed by atoms with van der Waals surface area (Å²) in [5.74, 6) is -1.84. The van der Waals surface area contributed by atoms with Crippen molar-refractivity contribution in [3.05, 3.63) is 79.8 Å². The van der Waals surface area contributed by atoms with Crippen molar-refractivity contribution in [2.75, 3.05) is 32.1 Å². The molecular formula is C32H35ClF2N6O6. The lowest BCUT2D eigenvalue weighted by Crippen LogP contribution is -2.51. The van der Waals surface area contributed by atoms with E-state index in [9.17, 15) is 28.4 Å². The monoisotopic (exact) mass is 672 g/mol. The van der Waals surface area contributed by atoms with Crippen LogP contribution in [0.15, 0.2) is 52.2 Å². The molecule has 1 saturated heterocycles. The molecule has 15 heteroatoms. The molecule has 2 atom stereocenters. The van der Waals surface area contributed by atoms with E-state index in [0.717, 1.165) is 22.4 Å². The number of nitrogens with zero attached hydrogens (tertiary/aromatic N) is 4. The first kappa shape index (κ1) is 33.6. The molecule has 12 nitrogen and oxygen atoms in total. The van der Waals surface area contributed by atoms with Crippen LogP contribution >= 0.6 is 11.6 Å². The molecule has 0 radical (unpaired) electrons. The highest BCUT2D eigenvalue weighted by atomic mass is 35.5. The van der Waals surface area contributed by atoms with Crippen LogP contribution < -0.4 is 27.0 Å². The van der Waals surface area contributed by atoms with Gasteiger partial charge in [0.25, 0.3) is 17.8 Å². The summed E-state index contributed by atoms with van der Waals surface area (Å²) in [6, 6.07) is 7.72. The number of primary amides is 1. The lowest BCUT2D eigenvalue weighted by molar-refractivity contribution is -0.141. The Bertz CT molecular complexity index is 1820. The lowest BCUT2D eigenvalue weighted by atomic mass is 10.0. The maximum absolute atomic E-state index is 16.1. The van der Waals surface area contributed by atoms with Crippen LogP contribution in [-0.4, -0.2) is 69.6 Å². The predicted octanol–water partition coefficient (Wildman–Crippen LogP) is 3.85. The molecule has 47 heavy (non-hydrogen) atoms. The summed E-state index contributed by atoms with van der Waals surface area (Å²) < 4.78 is 37.0. The summed E-state index contributed by atoms with van der Waals surface area (Å²) in [5.41, 5.74) is 4.45. The number of methoxy groups -OCH3 is 1. The molecule has 1 unspecified atom stereocenters. The Morgan fingerprint density at radius 2 is 1.83 bits per heavy atom. The number of benzene rings is 2. The minimum absolute atomic E-state index is 0.0219. The Labute approximate surface area is 273 Å². The second-order valence-corrected chi connectivity index (χ2v) is 12.0. The van der Waals surface area contributed by atoms with Crippen molar-refractivity contribution < 1.29 is 27.9 Å². The molecule has 4 amide bonds. The van der Waals surface area contributed by atoms with E-state index < -0.39 is 46.2 Å². The zero-order chi connectivity index (χ0) is 34.0. The van der Waals surface area contributed by atoms with Crippen LogP contribution in [0, 0.1) is 5.82 Å². The standard InChI is InChI=1S/C32H35ClF2N6O6/c1-18(6-9-26(36)42)41-29(43)23(22-4-3-5-24(34)27(22)33)17-40(32(41)46)28(35)30(44)38-13-11-20(12-14-38)39-15-10-19-16-21(47-2)7-8-25(19)37-31(39)45/h3-5,7-8,16-18,20,28H,6,9-15H2,1-2H3,(H2,36,42)(H,37,45)/t18-,28?/m0/s1. The van der Waals surface area contributed by atoms with Gasteiger partial charge in [-0.25, -0.2) is 18.4 Å². The largest absolute Gasteiger partial charge is 0.497 e. The number of hydrogen-bond acceptors (Lipinski definition) is 6. The van der Waals surface area contributed by atoms with Crippen LogP contribution in [0.1, 0.15) is 50.5 Å². The van der Waals surface area contributed by atoms with Crippen LogP contribution in [-0.2, 0) is 16.0 Å². The summed E-state index contributed by atoms with van der Waals surface area (Å²) in [6.07, 6.45) is -0.530. The number of ether oxygens (including phenoxy) is 1. The van der Waals surface area contributed by atoms with Gasteiger partial charge in [-0.2, -0.15) is 0 Å². The van der Waals surface area contributed by atoms with Gasteiger partial charge in [0.1, 0.15) is 11.6 Å². The number of amides is 4. The Morgan fingerprint density at radius 3 is 2.51 bits per heavy atom. The fraction of sp³-hybridized carbons (Fsp3) is 0.406. The van der Waals surface area contributed by atoms with Crippen LogP contribution in [0.4, 0.5) is 19.3 Å². The van der Waals surface area contributed by atoms with E-state index in [1.54, 1.807) is 24.1 Å². The van der Waals surface area contributed by atoms with Gasteiger partial charge < -0.3 is 25.6 Å². The Balaban J connectivity index is 1.37. The number of fused-ring (bicyclic) bond motifs is 1. The molecule has 3 heterocycles. The minimum atomic E-state index is -2.54. The van der Waals surface area contributed by atoms with Gasteiger partial charge >= 0.3 is 11.7 Å². The summed E-state index contributed by atoms with van der Waals surface area (Å²) in [5, 5.41) is 2.51. The number of urea groups is 1. The number of anilines is 1. The molecule has 250 valence electrons. The third kappa shape index (κ3) is 6.87. The molecule has 0 aliphatic carbocycles. The number of nitrogens with two attached hydrogens (primary N) is 1. The smallest absolute Gasteiger partial charge is 0.334 e. The first-order valence-corrected chi connectivity index (χ1v) is 15.6. The number of piperidine rings is 1. The van der Waals surface area contributed by atoms with Crippen molar-refractivity contribution in [3.63, 3.8) is 0 Å². The molecule has 0 bridgehead atoms. The van der Waals surface area contributed by atoms with E-state index in [4.69, 9.17) is 22.1 Å². The van der Waals surface area contributed by atoms with Gasteiger partial charge in [0.2, 0.25) is 5.91 Å². The summed E-state index contributed by atoms with van der Waals surface area (Å²) in [7, 11) is 1.57. The van der Waals surface area contributed by atoms with Gasteiger partial charge in [0.15, 0.2) is 0 Å². The Kier molecular flexibility index (Phi) is 9.99. The fourth-order valence-corrected chi connectivity index (χ4v) is 6.32. The van der Waals surface area contributed by atoms with Crippen molar-refractivity contribution in [3.8, 4) is 16.9 Å². The van der Waals surface area contributed by atoms with Crippen LogP contribution in [0.2, 0.25) is 5.02 Å². The van der Waals surface area contributed by atoms with E-state index >= 15 is 4.39 Å². The summed E-state index contributed by atoms with van der Waals surface area (Å²) in [4.78, 5) is 68.0. The van der Waals surface area contributed by atoms with Gasteiger partial charge in [-0.1, -0.05) is 23.7 Å². The zero-order valence-electron chi connectivity index (χ0n) is 25.9. The summed E-state index contributed by atoms with van der Waals surface area (Å²) in [6.45, 7) is 2.13. The number of nitrogens with one attached hydrogen (secondary N) is 1.